The minimum absolute atomic E-state index is 0.830. The number of benzene rings is 2. The van der Waals surface area contributed by atoms with Gasteiger partial charge in [-0.15, -0.1) is 0 Å². The molecule has 4 heteroatoms. The fourth-order valence-corrected chi connectivity index (χ4v) is 5.15. The predicted molar refractivity (Wildman–Crippen MR) is 105 cm³/mol. The largest absolute Gasteiger partial charge is 0.271 e. The molecule has 0 radical (unpaired) electrons. The molecule has 4 aromatic rings. The van der Waals surface area contributed by atoms with Crippen LogP contribution in [-0.2, 0) is 0 Å². The normalized spacial score (nSPS) is 16.2. The van der Waals surface area contributed by atoms with Crippen LogP contribution in [0.2, 0.25) is 0 Å². The Labute approximate surface area is 151 Å². The number of hydrogen-bond acceptors (Lipinski definition) is 3. The summed E-state index contributed by atoms with van der Waals surface area (Å²) in [6, 6.07) is 16.7. The zero-order valence-corrected chi connectivity index (χ0v) is 15.0. The van der Waals surface area contributed by atoms with Crippen LogP contribution < -0.4 is 0 Å². The molecular weight excluding hydrogens is 326 g/mol. The zero-order chi connectivity index (χ0) is 16.6. The first-order valence-electron chi connectivity index (χ1n) is 9.19. The van der Waals surface area contributed by atoms with E-state index in [0.717, 1.165) is 44.4 Å². The number of aromatic nitrogens is 3. The predicted octanol–water partition coefficient (Wildman–Crippen LogP) is 5.71. The molecule has 0 spiro atoms. The Morgan fingerprint density at radius 3 is 2.52 bits per heavy atom. The van der Waals surface area contributed by atoms with E-state index in [-0.39, 0.29) is 0 Å². The minimum atomic E-state index is 0.830. The van der Waals surface area contributed by atoms with E-state index in [4.69, 9.17) is 9.97 Å². The number of fused-ring (bicyclic) bond motifs is 5. The standard InChI is InChI=1S/C21H21N3S/c1-2-8-15(9-3-1)14-25-21-23-17-11-5-4-10-16(17)20-22-18-12-6-7-13-19(18)24(20)21/h4-7,10-13,15H,1-3,8-9,14H2. The van der Waals surface area contributed by atoms with Gasteiger partial charge >= 0.3 is 0 Å². The number of nitrogens with zero attached hydrogens (tertiary/aromatic N) is 3. The SMILES string of the molecule is c1ccc2c(c1)nc(SCC1CCCCC1)n1c3ccccc3nc21. The molecule has 1 aliphatic carbocycles. The molecule has 25 heavy (non-hydrogen) atoms. The second-order valence-electron chi connectivity index (χ2n) is 6.99. The van der Waals surface area contributed by atoms with E-state index >= 15 is 0 Å². The van der Waals surface area contributed by atoms with Crippen LogP contribution >= 0.6 is 11.8 Å². The maximum atomic E-state index is 5.00. The zero-order valence-electron chi connectivity index (χ0n) is 14.2. The van der Waals surface area contributed by atoms with Crippen molar-refractivity contribution in [3.63, 3.8) is 0 Å². The second-order valence-corrected chi connectivity index (χ2v) is 7.97. The lowest BCUT2D eigenvalue weighted by atomic mass is 9.91. The summed E-state index contributed by atoms with van der Waals surface area (Å²) in [5, 5.41) is 2.20. The first-order valence-corrected chi connectivity index (χ1v) is 10.2. The van der Waals surface area contributed by atoms with Crippen LogP contribution in [0.3, 0.4) is 0 Å². The second kappa shape index (κ2) is 6.34. The smallest absolute Gasteiger partial charge is 0.174 e. The molecule has 0 unspecified atom stereocenters. The first-order chi connectivity index (χ1) is 12.4. The van der Waals surface area contributed by atoms with Gasteiger partial charge in [0.25, 0.3) is 0 Å². The average Bonchev–Trinajstić information content (AvgIpc) is 3.07. The monoisotopic (exact) mass is 347 g/mol. The van der Waals surface area contributed by atoms with Gasteiger partial charge in [-0.1, -0.05) is 55.3 Å². The van der Waals surface area contributed by atoms with Crippen molar-refractivity contribution < 1.29 is 0 Å². The van der Waals surface area contributed by atoms with Gasteiger partial charge in [0.2, 0.25) is 0 Å². The molecule has 3 nitrogen and oxygen atoms in total. The minimum Gasteiger partial charge on any atom is -0.271 e. The number of rotatable bonds is 3. The third-order valence-corrected chi connectivity index (χ3v) is 6.46. The summed E-state index contributed by atoms with van der Waals surface area (Å²) in [5.74, 6) is 1.99. The average molecular weight is 347 g/mol. The number of imidazole rings is 1. The van der Waals surface area contributed by atoms with Crippen molar-refractivity contribution in [2.24, 2.45) is 5.92 Å². The van der Waals surface area contributed by atoms with E-state index in [1.165, 1.54) is 32.1 Å². The van der Waals surface area contributed by atoms with Crippen molar-refractivity contribution in [2.45, 2.75) is 37.3 Å². The van der Waals surface area contributed by atoms with Crippen molar-refractivity contribution in [2.75, 3.05) is 5.75 Å². The summed E-state index contributed by atoms with van der Waals surface area (Å²) in [6.07, 6.45) is 6.92. The fraction of sp³-hybridized carbons (Fsp3) is 0.333. The Morgan fingerprint density at radius 1 is 0.880 bits per heavy atom. The van der Waals surface area contributed by atoms with E-state index < -0.39 is 0 Å². The van der Waals surface area contributed by atoms with Crippen LogP contribution in [0.25, 0.3) is 27.6 Å². The molecule has 1 aliphatic rings. The van der Waals surface area contributed by atoms with Gasteiger partial charge in [0.1, 0.15) is 5.65 Å². The van der Waals surface area contributed by atoms with Crippen LogP contribution in [0.1, 0.15) is 32.1 Å². The van der Waals surface area contributed by atoms with Crippen molar-refractivity contribution in [3.05, 3.63) is 48.5 Å². The molecule has 0 aliphatic heterocycles. The maximum Gasteiger partial charge on any atom is 0.174 e. The Morgan fingerprint density at radius 2 is 1.64 bits per heavy atom. The first kappa shape index (κ1) is 15.2. The molecule has 0 bridgehead atoms. The highest BCUT2D eigenvalue weighted by Crippen LogP contribution is 2.32. The van der Waals surface area contributed by atoms with Crippen LogP contribution in [-0.4, -0.2) is 20.1 Å². The third kappa shape index (κ3) is 2.69. The molecule has 0 amide bonds. The van der Waals surface area contributed by atoms with Gasteiger partial charge in [-0.2, -0.15) is 0 Å². The van der Waals surface area contributed by atoms with E-state index in [0.29, 0.717) is 0 Å². The molecule has 126 valence electrons. The number of thioether (sulfide) groups is 1. The van der Waals surface area contributed by atoms with E-state index in [9.17, 15) is 0 Å². The summed E-state index contributed by atoms with van der Waals surface area (Å²) in [4.78, 5) is 9.90. The van der Waals surface area contributed by atoms with E-state index in [2.05, 4.69) is 52.9 Å². The molecular formula is C21H21N3S. The van der Waals surface area contributed by atoms with Gasteiger partial charge in [-0.3, -0.25) is 4.40 Å². The lowest BCUT2D eigenvalue weighted by Gasteiger charge is -2.21. The Hall–Kier alpha value is -2.07. The van der Waals surface area contributed by atoms with Gasteiger partial charge < -0.3 is 0 Å². The van der Waals surface area contributed by atoms with Gasteiger partial charge in [-0.05, 0) is 43.0 Å². The maximum absolute atomic E-state index is 5.00. The highest BCUT2D eigenvalue weighted by atomic mass is 32.2. The van der Waals surface area contributed by atoms with Crippen LogP contribution in [0.4, 0.5) is 0 Å². The number of para-hydroxylation sites is 3. The lowest BCUT2D eigenvalue weighted by Crippen LogP contribution is -2.09. The van der Waals surface area contributed by atoms with Crippen molar-refractivity contribution in [1.82, 2.24) is 14.4 Å². The molecule has 1 fully saturated rings. The molecule has 0 saturated heterocycles. The van der Waals surface area contributed by atoms with E-state index in [1.54, 1.807) is 0 Å². The van der Waals surface area contributed by atoms with Gasteiger partial charge in [0.05, 0.1) is 16.6 Å². The summed E-state index contributed by atoms with van der Waals surface area (Å²) in [6.45, 7) is 0. The lowest BCUT2D eigenvalue weighted by molar-refractivity contribution is 0.390. The molecule has 2 heterocycles. The van der Waals surface area contributed by atoms with Crippen LogP contribution in [0, 0.1) is 5.92 Å². The molecule has 5 rings (SSSR count). The summed E-state index contributed by atoms with van der Waals surface area (Å²) in [5.41, 5.74) is 4.26. The molecule has 2 aromatic heterocycles. The quantitative estimate of drug-likeness (QED) is 0.351. The van der Waals surface area contributed by atoms with Gasteiger partial charge in [0.15, 0.2) is 5.16 Å². The van der Waals surface area contributed by atoms with E-state index in [1.807, 2.05) is 11.8 Å². The highest BCUT2D eigenvalue weighted by molar-refractivity contribution is 7.99. The number of hydrogen-bond donors (Lipinski definition) is 0. The molecule has 2 aromatic carbocycles. The summed E-state index contributed by atoms with van der Waals surface area (Å²) in [7, 11) is 0. The van der Waals surface area contributed by atoms with Crippen LogP contribution in [0.15, 0.2) is 53.7 Å². The Balaban J connectivity index is 1.66. The highest BCUT2D eigenvalue weighted by Gasteiger charge is 2.17. The van der Waals surface area contributed by atoms with Crippen molar-refractivity contribution >= 4 is 39.3 Å². The summed E-state index contributed by atoms with van der Waals surface area (Å²) < 4.78 is 2.26. The topological polar surface area (TPSA) is 30.2 Å². The summed E-state index contributed by atoms with van der Waals surface area (Å²) >= 11 is 1.90. The van der Waals surface area contributed by atoms with Crippen molar-refractivity contribution in [1.29, 1.82) is 0 Å². The van der Waals surface area contributed by atoms with Crippen LogP contribution in [0.5, 0.6) is 0 Å². The molecule has 1 saturated carbocycles. The fourth-order valence-electron chi connectivity index (χ4n) is 3.96. The van der Waals surface area contributed by atoms with Crippen molar-refractivity contribution in [3.8, 4) is 0 Å². The van der Waals surface area contributed by atoms with Gasteiger partial charge in [-0.25, -0.2) is 9.97 Å². The Kier molecular flexibility index (Phi) is 3.86. The van der Waals surface area contributed by atoms with Gasteiger partial charge in [0, 0.05) is 11.1 Å². The molecule has 0 atom stereocenters. The third-order valence-electron chi connectivity index (χ3n) is 5.29. The molecule has 0 N–H and O–H groups in total. The Bertz CT molecular complexity index is 1050.